The summed E-state index contributed by atoms with van der Waals surface area (Å²) < 4.78 is 1.69. The van der Waals surface area contributed by atoms with Gasteiger partial charge in [-0.3, -0.25) is 24.2 Å². The van der Waals surface area contributed by atoms with Gasteiger partial charge < -0.3 is 16.0 Å². The first-order valence-corrected chi connectivity index (χ1v) is 12.1. The minimum atomic E-state index is -0.372. The van der Waals surface area contributed by atoms with Crippen molar-refractivity contribution in [1.82, 2.24) is 20.0 Å². The molecule has 10 heteroatoms. The van der Waals surface area contributed by atoms with E-state index in [-0.39, 0.29) is 23.1 Å². The monoisotopic (exact) mass is 509 g/mol. The van der Waals surface area contributed by atoms with Crippen molar-refractivity contribution < 1.29 is 14.4 Å². The largest absolute Gasteiger partial charge is 0.344 e. The fourth-order valence-corrected chi connectivity index (χ4v) is 4.23. The highest BCUT2D eigenvalue weighted by Crippen LogP contribution is 2.33. The van der Waals surface area contributed by atoms with Crippen LogP contribution in [-0.4, -0.2) is 37.6 Å². The Balaban J connectivity index is 1.38. The van der Waals surface area contributed by atoms with E-state index in [1.807, 2.05) is 27.7 Å². The second-order valence-electron chi connectivity index (χ2n) is 9.99. The number of aryl methyl sites for hydroxylation is 1. The predicted molar refractivity (Wildman–Crippen MR) is 145 cm³/mol. The molecule has 0 aliphatic carbocycles. The van der Waals surface area contributed by atoms with E-state index >= 15 is 0 Å². The summed E-state index contributed by atoms with van der Waals surface area (Å²) >= 11 is 0. The quantitative estimate of drug-likeness (QED) is 0.222. The van der Waals surface area contributed by atoms with Gasteiger partial charge in [0.2, 0.25) is 0 Å². The van der Waals surface area contributed by atoms with E-state index in [1.54, 1.807) is 71.7 Å². The second kappa shape index (κ2) is 9.47. The first-order valence-electron chi connectivity index (χ1n) is 12.1. The molecule has 0 unspecified atom stereocenters. The maximum absolute atomic E-state index is 13.4. The van der Waals surface area contributed by atoms with Gasteiger partial charge in [-0.05, 0) is 64.1 Å². The molecule has 2 amide bonds. The van der Waals surface area contributed by atoms with Crippen molar-refractivity contribution in [2.45, 2.75) is 33.2 Å². The molecule has 4 aromatic rings. The van der Waals surface area contributed by atoms with Crippen LogP contribution < -0.4 is 16.0 Å². The fraction of sp³-hybridized carbons (Fsp3) is 0.179. The number of ketones is 1. The molecule has 0 bridgehead atoms. The van der Waals surface area contributed by atoms with E-state index in [9.17, 15) is 14.4 Å². The molecule has 38 heavy (non-hydrogen) atoms. The summed E-state index contributed by atoms with van der Waals surface area (Å²) in [7, 11) is 0. The van der Waals surface area contributed by atoms with E-state index < -0.39 is 0 Å². The third-order valence-electron chi connectivity index (χ3n) is 6.01. The molecular formula is C28H27N7O3. The van der Waals surface area contributed by atoms with Gasteiger partial charge >= 0.3 is 0 Å². The molecular weight excluding hydrogens is 482 g/mol. The van der Waals surface area contributed by atoms with E-state index in [4.69, 9.17) is 0 Å². The van der Waals surface area contributed by atoms with Gasteiger partial charge in [0.1, 0.15) is 5.69 Å². The van der Waals surface area contributed by atoms with Crippen molar-refractivity contribution in [1.29, 1.82) is 0 Å². The minimum absolute atomic E-state index is 0.238. The number of benzene rings is 2. The number of carbonyl (C=O) groups is 3. The Hall–Kier alpha value is -4.99. The van der Waals surface area contributed by atoms with Crippen LogP contribution in [-0.2, 0) is 10.3 Å². The molecule has 0 atom stereocenters. The SMILES string of the molecule is Cc1cc(C(=O)Nc2cccc(C(=O)c3ccc4c(c3)/C(=C/Nc3cc[nH]n3)C(=O)N4)c2)n(C(C)(C)C)n1. The zero-order valence-corrected chi connectivity index (χ0v) is 21.4. The summed E-state index contributed by atoms with van der Waals surface area (Å²) in [4.78, 5) is 39.0. The van der Waals surface area contributed by atoms with Crippen LogP contribution in [0.4, 0.5) is 17.2 Å². The zero-order chi connectivity index (χ0) is 27.0. The number of nitrogens with zero attached hydrogens (tertiary/aromatic N) is 3. The van der Waals surface area contributed by atoms with Gasteiger partial charge in [-0.1, -0.05) is 12.1 Å². The molecule has 5 rings (SSSR count). The van der Waals surface area contributed by atoms with E-state index in [1.165, 1.54) is 0 Å². The van der Waals surface area contributed by atoms with Crippen LogP contribution in [0.25, 0.3) is 5.57 Å². The summed E-state index contributed by atoms with van der Waals surface area (Å²) in [6, 6.07) is 15.3. The maximum atomic E-state index is 13.4. The number of carbonyl (C=O) groups excluding carboxylic acids is 3. The minimum Gasteiger partial charge on any atom is -0.344 e. The Morgan fingerprint density at radius 3 is 2.55 bits per heavy atom. The van der Waals surface area contributed by atoms with Gasteiger partial charge in [-0.25, -0.2) is 0 Å². The van der Waals surface area contributed by atoms with Crippen molar-refractivity contribution in [2.24, 2.45) is 0 Å². The lowest BCUT2D eigenvalue weighted by atomic mass is 9.98. The fourth-order valence-electron chi connectivity index (χ4n) is 4.23. The Kier molecular flexibility index (Phi) is 6.15. The Morgan fingerprint density at radius 2 is 1.82 bits per heavy atom. The van der Waals surface area contributed by atoms with Crippen LogP contribution in [0.3, 0.4) is 0 Å². The molecule has 0 radical (unpaired) electrons. The topological polar surface area (TPSA) is 134 Å². The summed E-state index contributed by atoms with van der Waals surface area (Å²) in [5, 5.41) is 19.8. The lowest BCUT2D eigenvalue weighted by Gasteiger charge is -2.22. The normalized spacial score (nSPS) is 13.8. The number of nitrogens with one attached hydrogen (secondary N) is 4. The predicted octanol–water partition coefficient (Wildman–Crippen LogP) is 4.56. The standard InChI is InChI=1S/C28H27N7O3/c1-16-12-23(35(34-16)28(2,3)4)27(38)31-19-7-5-6-17(13-19)25(36)18-8-9-22-20(14-18)21(26(37)32-22)15-29-24-10-11-30-33-24/h5-15H,1-4H3,(H,31,38)(H,32,37)(H2,29,30,33)/b21-15-. The molecule has 2 aromatic heterocycles. The van der Waals surface area contributed by atoms with Gasteiger partial charge in [-0.2, -0.15) is 10.2 Å². The third kappa shape index (κ3) is 4.83. The molecule has 10 nitrogen and oxygen atoms in total. The van der Waals surface area contributed by atoms with Crippen LogP contribution in [0, 0.1) is 6.92 Å². The Morgan fingerprint density at radius 1 is 1.03 bits per heavy atom. The molecule has 3 heterocycles. The molecule has 0 fully saturated rings. The molecule has 1 aliphatic heterocycles. The van der Waals surface area contributed by atoms with Gasteiger partial charge in [0.25, 0.3) is 11.8 Å². The van der Waals surface area contributed by atoms with Crippen LogP contribution in [0.5, 0.6) is 0 Å². The molecule has 0 spiro atoms. The summed E-state index contributed by atoms with van der Waals surface area (Å²) in [5.74, 6) is -0.266. The lowest BCUT2D eigenvalue weighted by Crippen LogP contribution is -2.29. The molecule has 2 aromatic carbocycles. The van der Waals surface area contributed by atoms with E-state index in [0.29, 0.717) is 45.2 Å². The summed E-state index contributed by atoms with van der Waals surface area (Å²) in [6.45, 7) is 7.76. The van der Waals surface area contributed by atoms with Crippen LogP contribution >= 0.6 is 0 Å². The maximum Gasteiger partial charge on any atom is 0.273 e. The van der Waals surface area contributed by atoms with Gasteiger partial charge in [0, 0.05) is 46.5 Å². The first-order chi connectivity index (χ1) is 18.1. The van der Waals surface area contributed by atoms with Crippen molar-refractivity contribution in [3.8, 4) is 0 Å². The molecule has 1 aliphatic rings. The highest BCUT2D eigenvalue weighted by atomic mass is 16.2. The Labute approximate surface area is 219 Å². The average Bonchev–Trinajstić information content (AvgIpc) is 3.60. The number of amides is 2. The van der Waals surface area contributed by atoms with Crippen LogP contribution in [0.2, 0.25) is 0 Å². The molecule has 192 valence electrons. The number of aromatic nitrogens is 4. The Bertz CT molecular complexity index is 1590. The number of hydrogen-bond donors (Lipinski definition) is 4. The van der Waals surface area contributed by atoms with Crippen molar-refractivity contribution >= 4 is 40.4 Å². The first kappa shape index (κ1) is 24.7. The van der Waals surface area contributed by atoms with Gasteiger partial charge in [-0.15, -0.1) is 0 Å². The third-order valence-corrected chi connectivity index (χ3v) is 6.01. The zero-order valence-electron chi connectivity index (χ0n) is 21.4. The molecule has 0 saturated carbocycles. The molecule has 0 saturated heterocycles. The van der Waals surface area contributed by atoms with Gasteiger partial charge in [0.05, 0.1) is 16.8 Å². The van der Waals surface area contributed by atoms with Crippen LogP contribution in [0.1, 0.15) is 58.4 Å². The van der Waals surface area contributed by atoms with Crippen LogP contribution in [0.15, 0.2) is 67.0 Å². The van der Waals surface area contributed by atoms with Gasteiger partial charge in [0.15, 0.2) is 11.6 Å². The van der Waals surface area contributed by atoms with Crippen molar-refractivity contribution in [3.05, 3.63) is 95.1 Å². The number of hydrogen-bond acceptors (Lipinski definition) is 6. The number of H-pyrrole nitrogens is 1. The number of fused-ring (bicyclic) bond motifs is 1. The second-order valence-corrected chi connectivity index (χ2v) is 9.99. The smallest absolute Gasteiger partial charge is 0.273 e. The number of rotatable bonds is 6. The number of aromatic amines is 1. The van der Waals surface area contributed by atoms with E-state index in [0.717, 1.165) is 5.69 Å². The molecule has 4 N–H and O–H groups in total. The summed E-state index contributed by atoms with van der Waals surface area (Å²) in [5.41, 5.74) is 3.73. The number of anilines is 3. The van der Waals surface area contributed by atoms with Crippen molar-refractivity contribution in [3.63, 3.8) is 0 Å². The highest BCUT2D eigenvalue weighted by molar-refractivity contribution is 6.32. The lowest BCUT2D eigenvalue weighted by molar-refractivity contribution is -0.110. The highest BCUT2D eigenvalue weighted by Gasteiger charge is 2.26. The van der Waals surface area contributed by atoms with E-state index in [2.05, 4.69) is 31.2 Å². The average molecular weight is 510 g/mol. The van der Waals surface area contributed by atoms with Crippen molar-refractivity contribution in [2.75, 3.05) is 16.0 Å². The summed E-state index contributed by atoms with van der Waals surface area (Å²) in [6.07, 6.45) is 3.22.